The minimum Gasteiger partial charge on any atom is -0.492 e. The summed E-state index contributed by atoms with van der Waals surface area (Å²) in [5.41, 5.74) is 1.76. The summed E-state index contributed by atoms with van der Waals surface area (Å²) in [5.74, 6) is 1.19. The molecular weight excluding hydrogens is 389 g/mol. The van der Waals surface area contributed by atoms with Gasteiger partial charge < -0.3 is 19.1 Å². The monoisotopic (exact) mass is 407 g/mol. The lowest BCUT2D eigenvalue weighted by atomic mass is 9.99. The maximum Gasteiger partial charge on any atom is 0.233 e. The first-order chi connectivity index (χ1) is 13.1. The van der Waals surface area contributed by atoms with E-state index in [2.05, 4.69) is 0 Å². The summed E-state index contributed by atoms with van der Waals surface area (Å²) < 4.78 is 16.9. The van der Waals surface area contributed by atoms with Gasteiger partial charge in [-0.3, -0.25) is 4.79 Å². The Balaban J connectivity index is 1.44. The number of halogens is 2. The van der Waals surface area contributed by atoms with Crippen LogP contribution in [0.5, 0.6) is 11.5 Å². The van der Waals surface area contributed by atoms with Crippen molar-refractivity contribution in [3.05, 3.63) is 57.6 Å². The van der Waals surface area contributed by atoms with Crippen LogP contribution in [0.25, 0.3) is 0 Å². The van der Waals surface area contributed by atoms with Crippen molar-refractivity contribution < 1.29 is 19.0 Å². The van der Waals surface area contributed by atoms with Crippen LogP contribution in [0.15, 0.2) is 36.4 Å². The van der Waals surface area contributed by atoms with Gasteiger partial charge in [0.1, 0.15) is 30.6 Å². The molecule has 1 unspecified atom stereocenters. The lowest BCUT2D eigenvalue weighted by Gasteiger charge is -2.28. The van der Waals surface area contributed by atoms with Gasteiger partial charge in [-0.25, -0.2) is 0 Å². The van der Waals surface area contributed by atoms with Crippen LogP contribution in [0.4, 0.5) is 0 Å². The largest absolute Gasteiger partial charge is 0.492 e. The standard InChI is InChI=1S/C20H19Cl2NO4/c21-14-2-1-13(18(22)9-14)11-26-15-3-4-16-17(12-27-19(16)10-15)20(24)23-5-7-25-8-6-23/h1-4,9-10,17H,5-8,11-12H2. The van der Waals surface area contributed by atoms with E-state index in [1.807, 2.05) is 29.2 Å². The summed E-state index contributed by atoms with van der Waals surface area (Å²) in [7, 11) is 0. The molecule has 2 heterocycles. The number of carbonyl (C=O) groups is 1. The molecule has 4 rings (SSSR count). The molecule has 2 aliphatic heterocycles. The molecule has 2 aromatic rings. The molecule has 1 fully saturated rings. The molecule has 0 aliphatic carbocycles. The zero-order valence-electron chi connectivity index (χ0n) is 14.6. The molecule has 0 radical (unpaired) electrons. The van der Waals surface area contributed by atoms with Crippen LogP contribution in [0, 0.1) is 0 Å². The predicted molar refractivity (Wildman–Crippen MR) is 103 cm³/mol. The number of benzene rings is 2. The van der Waals surface area contributed by atoms with Crippen molar-refractivity contribution >= 4 is 29.1 Å². The Morgan fingerprint density at radius 3 is 2.74 bits per heavy atom. The average Bonchev–Trinajstić information content (AvgIpc) is 3.10. The zero-order chi connectivity index (χ0) is 18.8. The second-order valence-corrected chi connectivity index (χ2v) is 7.37. The quantitative estimate of drug-likeness (QED) is 0.770. The Morgan fingerprint density at radius 1 is 1.15 bits per heavy atom. The van der Waals surface area contributed by atoms with Crippen molar-refractivity contribution in [2.24, 2.45) is 0 Å². The summed E-state index contributed by atoms with van der Waals surface area (Å²) in [6, 6.07) is 10.9. The third-order valence-electron chi connectivity index (χ3n) is 4.80. The normalized spacial score (nSPS) is 18.7. The minimum absolute atomic E-state index is 0.0960. The maximum atomic E-state index is 12.8. The van der Waals surface area contributed by atoms with Crippen LogP contribution in [0.2, 0.25) is 10.0 Å². The molecule has 7 heteroatoms. The highest BCUT2D eigenvalue weighted by molar-refractivity contribution is 6.35. The molecule has 0 spiro atoms. The Bertz CT molecular complexity index is 852. The Morgan fingerprint density at radius 2 is 1.96 bits per heavy atom. The van der Waals surface area contributed by atoms with Gasteiger partial charge in [0, 0.05) is 40.3 Å². The van der Waals surface area contributed by atoms with Crippen LogP contribution in [-0.2, 0) is 16.1 Å². The molecular formula is C20H19Cl2NO4. The second-order valence-electron chi connectivity index (χ2n) is 6.53. The van der Waals surface area contributed by atoms with Crippen molar-refractivity contribution in [3.63, 3.8) is 0 Å². The number of fused-ring (bicyclic) bond motifs is 1. The van der Waals surface area contributed by atoms with E-state index < -0.39 is 0 Å². The fourth-order valence-corrected chi connectivity index (χ4v) is 3.75. The summed E-state index contributed by atoms with van der Waals surface area (Å²) in [6.45, 7) is 3.13. The van der Waals surface area contributed by atoms with E-state index in [4.69, 9.17) is 37.4 Å². The van der Waals surface area contributed by atoms with Gasteiger partial charge in [0.2, 0.25) is 5.91 Å². The lowest BCUT2D eigenvalue weighted by Crippen LogP contribution is -2.43. The molecule has 0 N–H and O–H groups in total. The van der Waals surface area contributed by atoms with Gasteiger partial charge in [-0.1, -0.05) is 35.3 Å². The Labute approximate surface area is 167 Å². The highest BCUT2D eigenvalue weighted by atomic mass is 35.5. The van der Waals surface area contributed by atoms with Crippen molar-refractivity contribution in [3.8, 4) is 11.5 Å². The van der Waals surface area contributed by atoms with Crippen LogP contribution >= 0.6 is 23.2 Å². The van der Waals surface area contributed by atoms with Gasteiger partial charge >= 0.3 is 0 Å². The lowest BCUT2D eigenvalue weighted by molar-refractivity contribution is -0.137. The van der Waals surface area contributed by atoms with E-state index >= 15 is 0 Å². The minimum atomic E-state index is -0.266. The summed E-state index contributed by atoms with van der Waals surface area (Å²) in [5, 5.41) is 1.15. The fourth-order valence-electron chi connectivity index (χ4n) is 3.29. The van der Waals surface area contributed by atoms with Crippen LogP contribution in [-0.4, -0.2) is 43.7 Å². The number of rotatable bonds is 4. The van der Waals surface area contributed by atoms with Crippen LogP contribution in [0.1, 0.15) is 17.0 Å². The highest BCUT2D eigenvalue weighted by Gasteiger charge is 2.34. The van der Waals surface area contributed by atoms with E-state index in [0.29, 0.717) is 61.1 Å². The summed E-state index contributed by atoms with van der Waals surface area (Å²) in [4.78, 5) is 14.6. The van der Waals surface area contributed by atoms with Gasteiger partial charge in [-0.05, 0) is 18.2 Å². The number of ether oxygens (including phenoxy) is 3. The topological polar surface area (TPSA) is 48.0 Å². The van der Waals surface area contributed by atoms with E-state index in [1.165, 1.54) is 0 Å². The van der Waals surface area contributed by atoms with Gasteiger partial charge in [0.25, 0.3) is 0 Å². The zero-order valence-corrected chi connectivity index (χ0v) is 16.1. The average molecular weight is 408 g/mol. The molecule has 142 valence electrons. The predicted octanol–water partition coefficient (Wildman–Crippen LogP) is 3.91. The molecule has 2 aromatic carbocycles. The van der Waals surface area contributed by atoms with Crippen molar-refractivity contribution in [1.82, 2.24) is 4.90 Å². The molecule has 1 amide bonds. The first-order valence-corrected chi connectivity index (χ1v) is 9.57. The second kappa shape index (κ2) is 7.97. The Kier molecular flexibility index (Phi) is 5.43. The summed E-state index contributed by atoms with van der Waals surface area (Å²) in [6.07, 6.45) is 0. The number of morpholine rings is 1. The third-order valence-corrected chi connectivity index (χ3v) is 5.38. The molecule has 0 bridgehead atoms. The molecule has 1 saturated heterocycles. The van der Waals surface area contributed by atoms with Crippen LogP contribution in [0.3, 0.4) is 0 Å². The smallest absolute Gasteiger partial charge is 0.233 e. The molecule has 27 heavy (non-hydrogen) atoms. The number of amides is 1. The van der Waals surface area contributed by atoms with Crippen LogP contribution < -0.4 is 9.47 Å². The van der Waals surface area contributed by atoms with Gasteiger partial charge in [0.15, 0.2) is 0 Å². The van der Waals surface area contributed by atoms with Crippen molar-refractivity contribution in [2.45, 2.75) is 12.5 Å². The van der Waals surface area contributed by atoms with Gasteiger partial charge in [0.05, 0.1) is 13.2 Å². The molecule has 0 saturated carbocycles. The highest BCUT2D eigenvalue weighted by Crippen LogP contribution is 2.38. The van der Waals surface area contributed by atoms with E-state index in [-0.39, 0.29) is 11.8 Å². The molecule has 2 aliphatic rings. The third kappa shape index (κ3) is 4.00. The van der Waals surface area contributed by atoms with E-state index in [9.17, 15) is 4.79 Å². The molecule has 5 nitrogen and oxygen atoms in total. The van der Waals surface area contributed by atoms with E-state index in [1.54, 1.807) is 12.1 Å². The van der Waals surface area contributed by atoms with Crippen molar-refractivity contribution in [2.75, 3.05) is 32.9 Å². The first-order valence-electron chi connectivity index (χ1n) is 8.82. The molecule has 1 atom stereocenters. The molecule has 0 aromatic heterocycles. The Hall–Kier alpha value is -1.95. The summed E-state index contributed by atoms with van der Waals surface area (Å²) >= 11 is 12.1. The fraction of sp³-hybridized carbons (Fsp3) is 0.350. The number of carbonyl (C=O) groups excluding carboxylic acids is 1. The van der Waals surface area contributed by atoms with Crippen molar-refractivity contribution in [1.29, 1.82) is 0 Å². The number of nitrogens with zero attached hydrogens (tertiary/aromatic N) is 1. The first kappa shape index (κ1) is 18.4. The number of hydrogen-bond acceptors (Lipinski definition) is 4. The maximum absolute atomic E-state index is 12.8. The number of hydrogen-bond donors (Lipinski definition) is 0. The van der Waals surface area contributed by atoms with Gasteiger partial charge in [-0.2, -0.15) is 0 Å². The SMILES string of the molecule is O=C(C1COc2cc(OCc3ccc(Cl)cc3Cl)ccc21)N1CCOCC1. The van der Waals surface area contributed by atoms with Gasteiger partial charge in [-0.15, -0.1) is 0 Å². The van der Waals surface area contributed by atoms with E-state index in [0.717, 1.165) is 11.1 Å².